The number of carboxylic acid groups (broad SMARTS) is 1. The number of guanidine groups is 1. The number of carboxylic acids is 1. The molecule has 0 aromatic heterocycles. The number of hydrogen-bond donors (Lipinski definition) is 8. The van der Waals surface area contributed by atoms with E-state index in [9.17, 15) is 24.3 Å². The molecule has 0 aliphatic heterocycles. The van der Waals surface area contributed by atoms with Gasteiger partial charge in [-0.1, -0.05) is 20.3 Å². The van der Waals surface area contributed by atoms with Crippen molar-refractivity contribution in [1.82, 2.24) is 16.0 Å². The molecule has 0 unspecified atom stereocenters. The summed E-state index contributed by atoms with van der Waals surface area (Å²) in [5.41, 5.74) is 21.7. The summed E-state index contributed by atoms with van der Waals surface area (Å²) in [5, 5.41) is 16.6. The number of carbonyl (C=O) groups excluding carboxylic acids is 3. The first kappa shape index (κ1) is 29.1. The summed E-state index contributed by atoms with van der Waals surface area (Å²) in [5.74, 6) is -3.30. The summed E-state index contributed by atoms with van der Waals surface area (Å²) in [6.45, 7) is 3.76. The van der Waals surface area contributed by atoms with Crippen LogP contribution in [0.25, 0.3) is 0 Å². The molecule has 0 saturated carbocycles. The second-order valence-corrected chi connectivity index (χ2v) is 7.75. The summed E-state index contributed by atoms with van der Waals surface area (Å²) in [7, 11) is 0. The topological polar surface area (TPSA) is 241 Å². The fourth-order valence-electron chi connectivity index (χ4n) is 2.72. The number of hydrogen-bond acceptors (Lipinski definition) is 7. The van der Waals surface area contributed by atoms with Gasteiger partial charge in [0.25, 0.3) is 0 Å². The molecule has 13 nitrogen and oxygen atoms in total. The first-order chi connectivity index (χ1) is 15.0. The molecule has 0 aliphatic carbocycles. The fourth-order valence-corrected chi connectivity index (χ4v) is 2.72. The summed E-state index contributed by atoms with van der Waals surface area (Å²) >= 11 is 0. The number of aliphatic carboxylic acids is 1. The highest BCUT2D eigenvalue weighted by atomic mass is 16.4. The Bertz CT molecular complexity index is 652. The van der Waals surface area contributed by atoms with Crippen LogP contribution in [0, 0.1) is 5.92 Å². The minimum absolute atomic E-state index is 0.105. The maximum Gasteiger partial charge on any atom is 0.326 e. The van der Waals surface area contributed by atoms with Gasteiger partial charge in [-0.2, -0.15) is 0 Å². The van der Waals surface area contributed by atoms with Crippen molar-refractivity contribution in [3.63, 3.8) is 0 Å². The lowest BCUT2D eigenvalue weighted by Crippen LogP contribution is -2.55. The molecule has 0 aliphatic rings. The molecule has 0 heterocycles. The SMILES string of the molecule is CC(C)[C@H](NC(=O)[C@@H](N)CCCCN)C(=O)NCC(=O)N[C@@H](CCCN=C(N)N)C(=O)O. The Morgan fingerprint density at radius 3 is 2.16 bits per heavy atom. The molecule has 184 valence electrons. The molecule has 13 heteroatoms. The van der Waals surface area contributed by atoms with Crippen molar-refractivity contribution in [3.8, 4) is 0 Å². The van der Waals surface area contributed by atoms with Crippen LogP contribution in [0.3, 0.4) is 0 Å². The molecular formula is C19H38N8O5. The van der Waals surface area contributed by atoms with E-state index in [2.05, 4.69) is 20.9 Å². The predicted octanol–water partition coefficient (Wildman–Crippen LogP) is -2.68. The van der Waals surface area contributed by atoms with Gasteiger partial charge >= 0.3 is 5.97 Å². The van der Waals surface area contributed by atoms with E-state index in [1.165, 1.54) is 0 Å². The normalized spacial score (nSPS) is 13.5. The molecule has 0 saturated heterocycles. The maximum atomic E-state index is 12.5. The van der Waals surface area contributed by atoms with Crippen LogP contribution >= 0.6 is 0 Å². The van der Waals surface area contributed by atoms with Crippen LogP contribution in [-0.2, 0) is 19.2 Å². The van der Waals surface area contributed by atoms with Crippen molar-refractivity contribution in [3.05, 3.63) is 0 Å². The van der Waals surface area contributed by atoms with Gasteiger partial charge in [-0.05, 0) is 38.1 Å². The average molecular weight is 459 g/mol. The summed E-state index contributed by atoms with van der Waals surface area (Å²) in [4.78, 5) is 51.9. The largest absolute Gasteiger partial charge is 0.480 e. The molecule has 3 atom stereocenters. The Kier molecular flexibility index (Phi) is 14.4. The number of unbranched alkanes of at least 4 members (excludes halogenated alkanes) is 1. The Morgan fingerprint density at radius 2 is 1.62 bits per heavy atom. The third-order valence-electron chi connectivity index (χ3n) is 4.55. The second kappa shape index (κ2) is 15.8. The van der Waals surface area contributed by atoms with E-state index in [0.29, 0.717) is 25.8 Å². The Morgan fingerprint density at radius 1 is 0.969 bits per heavy atom. The van der Waals surface area contributed by atoms with Crippen LogP contribution in [0.2, 0.25) is 0 Å². The van der Waals surface area contributed by atoms with Gasteiger partial charge in [0.1, 0.15) is 12.1 Å². The third kappa shape index (κ3) is 12.7. The lowest BCUT2D eigenvalue weighted by atomic mass is 10.0. The van der Waals surface area contributed by atoms with Crippen LogP contribution in [0.15, 0.2) is 4.99 Å². The van der Waals surface area contributed by atoms with Crippen LogP contribution < -0.4 is 38.9 Å². The van der Waals surface area contributed by atoms with Crippen molar-refractivity contribution in [2.45, 2.75) is 64.1 Å². The van der Waals surface area contributed by atoms with Crippen molar-refractivity contribution < 1.29 is 24.3 Å². The summed E-state index contributed by atoms with van der Waals surface area (Å²) < 4.78 is 0. The van der Waals surface area contributed by atoms with Gasteiger partial charge in [-0.25, -0.2) is 4.79 Å². The van der Waals surface area contributed by atoms with Crippen LogP contribution in [0.5, 0.6) is 0 Å². The average Bonchev–Trinajstić information content (AvgIpc) is 2.71. The summed E-state index contributed by atoms with van der Waals surface area (Å²) in [6, 6.07) is -2.82. The lowest BCUT2D eigenvalue weighted by Gasteiger charge is -2.23. The molecule has 32 heavy (non-hydrogen) atoms. The van der Waals surface area contributed by atoms with Gasteiger partial charge in [-0.15, -0.1) is 0 Å². The highest BCUT2D eigenvalue weighted by molar-refractivity contribution is 5.92. The zero-order valence-electron chi connectivity index (χ0n) is 18.8. The van der Waals surface area contributed by atoms with E-state index in [0.717, 1.165) is 6.42 Å². The smallest absolute Gasteiger partial charge is 0.326 e. The molecule has 3 amide bonds. The maximum absolute atomic E-state index is 12.5. The van der Waals surface area contributed by atoms with E-state index >= 15 is 0 Å². The Hall–Kier alpha value is -2.93. The van der Waals surface area contributed by atoms with Crippen LogP contribution in [0.1, 0.15) is 46.0 Å². The second-order valence-electron chi connectivity index (χ2n) is 7.75. The number of rotatable bonds is 16. The molecule has 0 rings (SSSR count). The number of nitrogens with one attached hydrogen (secondary N) is 3. The van der Waals surface area contributed by atoms with E-state index in [4.69, 9.17) is 22.9 Å². The molecule has 0 bridgehead atoms. The molecular weight excluding hydrogens is 420 g/mol. The molecule has 0 spiro atoms. The van der Waals surface area contributed by atoms with Gasteiger partial charge in [-0.3, -0.25) is 19.4 Å². The van der Waals surface area contributed by atoms with Crippen LogP contribution in [-0.4, -0.2) is 72.5 Å². The molecule has 0 aromatic carbocycles. The van der Waals surface area contributed by atoms with Crippen molar-refractivity contribution in [2.75, 3.05) is 19.6 Å². The number of amides is 3. The highest BCUT2D eigenvalue weighted by Gasteiger charge is 2.27. The lowest BCUT2D eigenvalue weighted by molar-refractivity contribution is -0.142. The number of nitrogens with zero attached hydrogens (tertiary/aromatic N) is 1. The van der Waals surface area contributed by atoms with Gasteiger partial charge in [0.15, 0.2) is 5.96 Å². The van der Waals surface area contributed by atoms with Gasteiger partial charge in [0.2, 0.25) is 17.7 Å². The first-order valence-electron chi connectivity index (χ1n) is 10.6. The summed E-state index contributed by atoms with van der Waals surface area (Å²) in [6.07, 6.45) is 2.33. The Labute approximate surface area is 188 Å². The van der Waals surface area contributed by atoms with E-state index in [1.807, 2.05) is 0 Å². The monoisotopic (exact) mass is 458 g/mol. The third-order valence-corrected chi connectivity index (χ3v) is 4.55. The van der Waals surface area contributed by atoms with Crippen LogP contribution in [0.4, 0.5) is 0 Å². The quantitative estimate of drug-likeness (QED) is 0.0681. The predicted molar refractivity (Wildman–Crippen MR) is 120 cm³/mol. The van der Waals surface area contributed by atoms with Crippen molar-refractivity contribution >= 4 is 29.7 Å². The number of nitrogens with two attached hydrogens (primary N) is 4. The van der Waals surface area contributed by atoms with Crippen molar-refractivity contribution in [2.24, 2.45) is 33.8 Å². The molecule has 0 radical (unpaired) electrons. The first-order valence-corrected chi connectivity index (χ1v) is 10.6. The fraction of sp³-hybridized carbons (Fsp3) is 0.737. The number of carbonyl (C=O) groups is 4. The van der Waals surface area contributed by atoms with Gasteiger partial charge in [0, 0.05) is 6.54 Å². The zero-order chi connectivity index (χ0) is 24.7. The van der Waals surface area contributed by atoms with E-state index < -0.39 is 48.4 Å². The van der Waals surface area contributed by atoms with Crippen molar-refractivity contribution in [1.29, 1.82) is 0 Å². The standard InChI is InChI=1S/C19H38N8O5/c1-11(2)15(27-16(29)12(21)6-3-4-8-20)17(30)25-10-14(28)26-13(18(31)32)7-5-9-24-19(22)23/h11-13,15H,3-10,20-21H2,1-2H3,(H,25,30)(H,26,28)(H,27,29)(H,31,32)(H4,22,23,24)/t12-,13-,15-/m0/s1. The minimum atomic E-state index is -1.22. The zero-order valence-corrected chi connectivity index (χ0v) is 18.8. The van der Waals surface area contributed by atoms with E-state index in [-0.39, 0.29) is 24.8 Å². The Balaban J connectivity index is 4.67. The molecule has 0 fully saturated rings. The van der Waals surface area contributed by atoms with E-state index in [1.54, 1.807) is 13.8 Å². The minimum Gasteiger partial charge on any atom is -0.480 e. The number of aliphatic imine (C=N–C) groups is 1. The highest BCUT2D eigenvalue weighted by Crippen LogP contribution is 2.05. The molecule has 0 aromatic rings. The van der Waals surface area contributed by atoms with Gasteiger partial charge < -0.3 is 44.0 Å². The van der Waals surface area contributed by atoms with Gasteiger partial charge in [0.05, 0.1) is 12.6 Å². The molecule has 12 N–H and O–H groups in total.